The Hall–Kier alpha value is -2.13. The number of hydrogen-bond acceptors (Lipinski definition) is 5. The fraction of sp³-hybridized carbons (Fsp3) is 0.619. The number of oxazole rings is 1. The normalized spacial score (nSPS) is 26.2. The molecule has 9 heteroatoms. The zero-order valence-corrected chi connectivity index (χ0v) is 18.5. The molecule has 0 unspecified atom stereocenters. The molecule has 164 valence electrons. The van der Waals surface area contributed by atoms with Crippen LogP contribution in [0.3, 0.4) is 0 Å². The van der Waals surface area contributed by atoms with Crippen LogP contribution in [0.25, 0.3) is 11.1 Å². The van der Waals surface area contributed by atoms with E-state index in [0.29, 0.717) is 36.7 Å². The number of nitrogens with zero attached hydrogens (tertiary/aromatic N) is 3. The molecule has 2 fully saturated rings. The highest BCUT2D eigenvalue weighted by atomic mass is 32.2. The molecule has 8 nitrogen and oxygen atoms in total. The highest BCUT2D eigenvalue weighted by Crippen LogP contribution is 2.29. The topological polar surface area (TPSA) is 92.8 Å². The monoisotopic (exact) mass is 435 g/mol. The molecule has 3 atom stereocenters. The van der Waals surface area contributed by atoms with Gasteiger partial charge in [0.25, 0.3) is 0 Å². The number of benzene rings is 1. The van der Waals surface area contributed by atoms with Crippen molar-refractivity contribution in [3.05, 3.63) is 28.7 Å². The van der Waals surface area contributed by atoms with Crippen LogP contribution < -0.4 is 5.76 Å². The van der Waals surface area contributed by atoms with Gasteiger partial charge in [-0.1, -0.05) is 13.8 Å². The Morgan fingerprint density at radius 1 is 1.13 bits per heavy atom. The van der Waals surface area contributed by atoms with Gasteiger partial charge in [-0.25, -0.2) is 13.2 Å². The smallest absolute Gasteiger partial charge is 0.408 e. The molecular formula is C21H29N3O5S. The van der Waals surface area contributed by atoms with E-state index in [1.807, 2.05) is 4.90 Å². The lowest BCUT2D eigenvalue weighted by Crippen LogP contribution is -2.50. The molecule has 0 aliphatic carbocycles. The quantitative estimate of drug-likeness (QED) is 0.736. The Labute approximate surface area is 176 Å². The first kappa shape index (κ1) is 21.1. The van der Waals surface area contributed by atoms with Gasteiger partial charge in [-0.15, -0.1) is 0 Å². The van der Waals surface area contributed by atoms with Gasteiger partial charge in [-0.05, 0) is 43.2 Å². The lowest BCUT2D eigenvalue weighted by Gasteiger charge is -2.39. The summed E-state index contributed by atoms with van der Waals surface area (Å²) in [7, 11) is -2.21. The standard InChI is InChI=1S/C21H29N3O5S/c1-14-9-15(2)12-23(11-14)20(25)16-5-4-8-24(13-16)30(27,28)17-6-7-18-19(10-17)29-21(26)22(18)3/h6-7,10,14-16H,4-5,8-9,11-13H2,1-3H3/t14-,15+,16-/m0/s1. The summed E-state index contributed by atoms with van der Waals surface area (Å²) in [5.41, 5.74) is 0.781. The number of hydrogen-bond donors (Lipinski definition) is 0. The lowest BCUT2D eigenvalue weighted by atomic mass is 9.90. The van der Waals surface area contributed by atoms with Gasteiger partial charge in [-0.3, -0.25) is 9.36 Å². The predicted octanol–water partition coefficient (Wildman–Crippen LogP) is 2.04. The Bertz CT molecular complexity index is 1110. The van der Waals surface area contributed by atoms with E-state index < -0.39 is 15.8 Å². The maximum Gasteiger partial charge on any atom is 0.419 e. The van der Waals surface area contributed by atoms with Crippen LogP contribution in [-0.2, 0) is 21.9 Å². The minimum atomic E-state index is -3.78. The van der Waals surface area contributed by atoms with E-state index in [9.17, 15) is 18.0 Å². The summed E-state index contributed by atoms with van der Waals surface area (Å²) in [5, 5.41) is 0. The molecule has 0 spiro atoms. The number of piperidine rings is 2. The third-order valence-corrected chi connectivity index (χ3v) is 8.18. The average molecular weight is 436 g/mol. The third kappa shape index (κ3) is 3.80. The molecule has 1 aromatic heterocycles. The molecule has 0 radical (unpaired) electrons. The van der Waals surface area contributed by atoms with Crippen LogP contribution in [0.4, 0.5) is 0 Å². The summed E-state index contributed by atoms with van der Waals surface area (Å²) in [6, 6.07) is 4.47. The van der Waals surface area contributed by atoms with Crippen LogP contribution in [0.15, 0.2) is 32.3 Å². The number of amides is 1. The van der Waals surface area contributed by atoms with Crippen LogP contribution >= 0.6 is 0 Å². The van der Waals surface area contributed by atoms with E-state index in [1.54, 1.807) is 13.1 Å². The maximum absolute atomic E-state index is 13.2. The number of sulfonamides is 1. The summed E-state index contributed by atoms with van der Waals surface area (Å²) in [4.78, 5) is 26.8. The highest BCUT2D eigenvalue weighted by Gasteiger charge is 2.37. The number of aromatic nitrogens is 1. The molecule has 1 aromatic carbocycles. The number of likely N-dealkylation sites (tertiary alicyclic amines) is 1. The zero-order chi connectivity index (χ0) is 21.6. The second kappa shape index (κ2) is 7.85. The fourth-order valence-electron chi connectivity index (χ4n) is 4.89. The molecule has 3 heterocycles. The second-order valence-corrected chi connectivity index (χ2v) is 10.9. The first-order chi connectivity index (χ1) is 14.2. The van der Waals surface area contributed by atoms with E-state index in [2.05, 4.69) is 13.8 Å². The molecule has 2 aliphatic heterocycles. The molecule has 1 amide bonds. The zero-order valence-electron chi connectivity index (χ0n) is 17.7. The van der Waals surface area contributed by atoms with E-state index in [1.165, 1.54) is 21.0 Å². The third-order valence-electron chi connectivity index (χ3n) is 6.32. The molecule has 30 heavy (non-hydrogen) atoms. The van der Waals surface area contributed by atoms with Crippen molar-refractivity contribution in [1.82, 2.24) is 13.8 Å². The summed E-state index contributed by atoms with van der Waals surface area (Å²) < 4.78 is 34.4. The number of carbonyl (C=O) groups excluding carboxylic acids is 1. The van der Waals surface area contributed by atoms with Gasteiger partial charge < -0.3 is 9.32 Å². The van der Waals surface area contributed by atoms with Crippen molar-refractivity contribution >= 4 is 27.0 Å². The van der Waals surface area contributed by atoms with Crippen LogP contribution in [0.2, 0.25) is 0 Å². The highest BCUT2D eigenvalue weighted by molar-refractivity contribution is 7.89. The van der Waals surface area contributed by atoms with Crippen LogP contribution in [0.1, 0.15) is 33.1 Å². The summed E-state index contributed by atoms with van der Waals surface area (Å²) in [5.74, 6) is 0.150. The Morgan fingerprint density at radius 3 is 2.53 bits per heavy atom. The Balaban J connectivity index is 1.55. The van der Waals surface area contributed by atoms with E-state index in [4.69, 9.17) is 4.42 Å². The summed E-state index contributed by atoms with van der Waals surface area (Å²) >= 11 is 0. The Morgan fingerprint density at radius 2 is 1.83 bits per heavy atom. The largest absolute Gasteiger partial charge is 0.419 e. The predicted molar refractivity (Wildman–Crippen MR) is 112 cm³/mol. The second-order valence-electron chi connectivity index (χ2n) is 8.95. The molecule has 4 rings (SSSR count). The molecule has 2 aliphatic rings. The van der Waals surface area contributed by atoms with E-state index in [0.717, 1.165) is 19.5 Å². The van der Waals surface area contributed by atoms with E-state index in [-0.39, 0.29) is 28.8 Å². The van der Waals surface area contributed by atoms with Gasteiger partial charge in [0.1, 0.15) is 0 Å². The van der Waals surface area contributed by atoms with Gasteiger partial charge >= 0.3 is 5.76 Å². The number of rotatable bonds is 3. The molecule has 2 saturated heterocycles. The summed E-state index contributed by atoms with van der Waals surface area (Å²) in [6.45, 7) is 6.39. The van der Waals surface area contributed by atoms with Gasteiger partial charge in [-0.2, -0.15) is 4.31 Å². The summed E-state index contributed by atoms with van der Waals surface area (Å²) in [6.07, 6.45) is 2.47. The minimum Gasteiger partial charge on any atom is -0.408 e. The Kier molecular flexibility index (Phi) is 5.52. The van der Waals surface area contributed by atoms with Gasteiger partial charge in [0.15, 0.2) is 5.58 Å². The average Bonchev–Trinajstić information content (AvgIpc) is 3.00. The van der Waals surface area contributed by atoms with Gasteiger partial charge in [0.2, 0.25) is 15.9 Å². The van der Waals surface area contributed by atoms with Crippen molar-refractivity contribution in [3.8, 4) is 0 Å². The van der Waals surface area contributed by atoms with Crippen LogP contribution in [0, 0.1) is 17.8 Å². The first-order valence-electron chi connectivity index (χ1n) is 10.6. The number of fused-ring (bicyclic) bond motifs is 1. The van der Waals surface area contributed by atoms with Crippen molar-refractivity contribution in [3.63, 3.8) is 0 Å². The molecule has 2 aromatic rings. The van der Waals surface area contributed by atoms with Crippen LogP contribution in [-0.4, -0.2) is 54.3 Å². The van der Waals surface area contributed by atoms with E-state index >= 15 is 0 Å². The molecule has 0 N–H and O–H groups in total. The van der Waals surface area contributed by atoms with Crippen molar-refractivity contribution in [1.29, 1.82) is 0 Å². The van der Waals surface area contributed by atoms with Crippen LogP contribution in [0.5, 0.6) is 0 Å². The van der Waals surface area contributed by atoms with Gasteiger partial charge in [0, 0.05) is 39.3 Å². The number of carbonyl (C=O) groups is 1. The number of aryl methyl sites for hydroxylation is 1. The van der Waals surface area contributed by atoms with Crippen molar-refractivity contribution in [2.45, 2.75) is 38.0 Å². The molecular weight excluding hydrogens is 406 g/mol. The SMILES string of the molecule is C[C@@H]1C[C@H](C)CN(C(=O)[C@H]2CCCN(S(=O)(=O)c3ccc4c(c3)oc(=O)n4C)C2)C1. The van der Waals surface area contributed by atoms with Crippen molar-refractivity contribution in [2.24, 2.45) is 24.8 Å². The minimum absolute atomic E-state index is 0.0674. The first-order valence-corrected chi connectivity index (χ1v) is 12.0. The van der Waals surface area contributed by atoms with Crippen molar-refractivity contribution < 1.29 is 17.6 Å². The maximum atomic E-state index is 13.2. The van der Waals surface area contributed by atoms with Crippen molar-refractivity contribution in [2.75, 3.05) is 26.2 Å². The lowest BCUT2D eigenvalue weighted by molar-refractivity contribution is -0.139. The fourth-order valence-corrected chi connectivity index (χ4v) is 6.43. The molecule has 0 saturated carbocycles. The van der Waals surface area contributed by atoms with Gasteiger partial charge in [0.05, 0.1) is 16.3 Å². The molecule has 0 bridgehead atoms.